The number of anilines is 1. The van der Waals surface area contributed by atoms with E-state index in [-0.39, 0.29) is 18.0 Å². The minimum absolute atomic E-state index is 0.108. The van der Waals surface area contributed by atoms with Gasteiger partial charge in [0.15, 0.2) is 0 Å². The molecule has 0 bridgehead atoms. The highest BCUT2D eigenvalue weighted by molar-refractivity contribution is 6.33. The van der Waals surface area contributed by atoms with Gasteiger partial charge >= 0.3 is 12.0 Å². The van der Waals surface area contributed by atoms with Crippen LogP contribution < -0.4 is 5.32 Å². The third-order valence-electron chi connectivity index (χ3n) is 3.85. The van der Waals surface area contributed by atoms with E-state index in [9.17, 15) is 9.59 Å². The Morgan fingerprint density at radius 1 is 1.43 bits per heavy atom. The van der Waals surface area contributed by atoms with Gasteiger partial charge in [0.05, 0.1) is 16.6 Å². The number of hydrogen-bond donors (Lipinski definition) is 2. The van der Waals surface area contributed by atoms with Crippen molar-refractivity contribution in [2.45, 2.75) is 32.7 Å². The lowest BCUT2D eigenvalue weighted by Crippen LogP contribution is -2.47. The Bertz CT molecular complexity index is 562. The summed E-state index contributed by atoms with van der Waals surface area (Å²) < 4.78 is 0. The summed E-state index contributed by atoms with van der Waals surface area (Å²) in [6.07, 6.45) is 0.957. The van der Waals surface area contributed by atoms with Crippen LogP contribution in [0.5, 0.6) is 0 Å². The molecule has 2 atom stereocenters. The molecule has 0 radical (unpaired) electrons. The summed E-state index contributed by atoms with van der Waals surface area (Å²) in [6, 6.07) is 5.09. The number of amides is 2. The van der Waals surface area contributed by atoms with Crippen molar-refractivity contribution in [1.82, 2.24) is 4.90 Å². The van der Waals surface area contributed by atoms with Crippen LogP contribution in [0.2, 0.25) is 5.02 Å². The molecule has 5 nitrogen and oxygen atoms in total. The molecule has 2 N–H and O–H groups in total. The van der Waals surface area contributed by atoms with E-state index >= 15 is 0 Å². The van der Waals surface area contributed by atoms with Gasteiger partial charge in [-0.1, -0.05) is 17.7 Å². The lowest BCUT2D eigenvalue weighted by molar-refractivity contribution is -0.143. The number of urea groups is 1. The molecular formula is C15H19ClN2O3. The average Bonchev–Trinajstić information content (AvgIpc) is 2.42. The number of nitrogens with zero attached hydrogens (tertiary/aromatic N) is 1. The predicted octanol–water partition coefficient (Wildman–Crippen LogP) is 3.37. The Morgan fingerprint density at radius 3 is 2.76 bits per heavy atom. The Morgan fingerprint density at radius 2 is 2.14 bits per heavy atom. The zero-order valence-corrected chi connectivity index (χ0v) is 12.9. The molecule has 21 heavy (non-hydrogen) atoms. The molecule has 6 heteroatoms. The minimum atomic E-state index is -0.788. The fraction of sp³-hybridized carbons (Fsp3) is 0.467. The summed E-state index contributed by atoms with van der Waals surface area (Å²) in [6.45, 7) is 4.23. The number of carbonyl (C=O) groups excluding carboxylic acids is 1. The van der Waals surface area contributed by atoms with Gasteiger partial charge in [-0.3, -0.25) is 4.79 Å². The second-order valence-corrected chi connectivity index (χ2v) is 5.92. The molecule has 0 aliphatic carbocycles. The first-order valence-electron chi connectivity index (χ1n) is 6.95. The number of benzene rings is 1. The number of piperidine rings is 1. The molecule has 2 unspecified atom stereocenters. The first-order chi connectivity index (χ1) is 9.88. The summed E-state index contributed by atoms with van der Waals surface area (Å²) in [4.78, 5) is 25.0. The van der Waals surface area contributed by atoms with Crippen LogP contribution in [0.15, 0.2) is 18.2 Å². The molecule has 0 saturated carbocycles. The van der Waals surface area contributed by atoms with Crippen LogP contribution >= 0.6 is 11.6 Å². The van der Waals surface area contributed by atoms with Crippen LogP contribution in [0.4, 0.5) is 10.5 Å². The Balaban J connectivity index is 2.04. The van der Waals surface area contributed by atoms with Crippen molar-refractivity contribution >= 4 is 29.3 Å². The monoisotopic (exact) mass is 310 g/mol. The number of carboxylic acid groups (broad SMARTS) is 1. The van der Waals surface area contributed by atoms with Crippen molar-refractivity contribution < 1.29 is 14.7 Å². The van der Waals surface area contributed by atoms with Gasteiger partial charge in [0.25, 0.3) is 0 Å². The van der Waals surface area contributed by atoms with Gasteiger partial charge in [-0.25, -0.2) is 4.79 Å². The zero-order chi connectivity index (χ0) is 15.6. The number of rotatable bonds is 2. The molecule has 1 aliphatic rings. The molecule has 1 aliphatic heterocycles. The van der Waals surface area contributed by atoms with Gasteiger partial charge < -0.3 is 15.3 Å². The largest absolute Gasteiger partial charge is 0.481 e. The summed E-state index contributed by atoms with van der Waals surface area (Å²) in [5, 5.41) is 12.3. The molecular weight excluding hydrogens is 292 g/mol. The van der Waals surface area contributed by atoms with Crippen molar-refractivity contribution in [3.63, 3.8) is 0 Å². The summed E-state index contributed by atoms with van der Waals surface area (Å²) in [5.74, 6) is -1.16. The van der Waals surface area contributed by atoms with E-state index in [0.717, 1.165) is 5.56 Å². The minimum Gasteiger partial charge on any atom is -0.481 e. The number of hydrogen-bond acceptors (Lipinski definition) is 2. The smallest absolute Gasteiger partial charge is 0.322 e. The van der Waals surface area contributed by atoms with E-state index < -0.39 is 5.97 Å². The van der Waals surface area contributed by atoms with Crippen LogP contribution in [-0.2, 0) is 4.79 Å². The molecule has 0 aromatic heterocycles. The maximum atomic E-state index is 12.3. The van der Waals surface area contributed by atoms with Gasteiger partial charge in [0, 0.05) is 12.6 Å². The average molecular weight is 311 g/mol. The summed E-state index contributed by atoms with van der Waals surface area (Å²) in [7, 11) is 0. The SMILES string of the molecule is Cc1ccc(Cl)c(NC(=O)N2CCC(C(=O)O)CC2C)c1. The van der Waals surface area contributed by atoms with Crippen molar-refractivity contribution in [3.05, 3.63) is 28.8 Å². The van der Waals surface area contributed by atoms with Gasteiger partial charge in [0.1, 0.15) is 0 Å². The van der Waals surface area contributed by atoms with Crippen molar-refractivity contribution in [1.29, 1.82) is 0 Å². The number of halogens is 1. The Labute approximate surface area is 128 Å². The second kappa shape index (κ2) is 6.35. The predicted molar refractivity (Wildman–Crippen MR) is 81.7 cm³/mol. The molecule has 1 heterocycles. The van der Waals surface area contributed by atoms with E-state index in [2.05, 4.69) is 5.32 Å². The van der Waals surface area contributed by atoms with E-state index in [4.69, 9.17) is 16.7 Å². The standard InChI is InChI=1S/C15H19ClN2O3/c1-9-3-4-12(16)13(7-9)17-15(21)18-6-5-11(14(19)20)8-10(18)2/h3-4,7,10-11H,5-6,8H2,1-2H3,(H,17,21)(H,19,20). The van der Waals surface area contributed by atoms with Crippen molar-refractivity contribution in [2.24, 2.45) is 5.92 Å². The third-order valence-corrected chi connectivity index (χ3v) is 4.18. The molecule has 1 aromatic carbocycles. The molecule has 2 amide bonds. The number of aliphatic carboxylic acids is 1. The molecule has 1 saturated heterocycles. The van der Waals surface area contributed by atoms with E-state index in [1.54, 1.807) is 11.0 Å². The highest BCUT2D eigenvalue weighted by Gasteiger charge is 2.32. The highest BCUT2D eigenvalue weighted by Crippen LogP contribution is 2.26. The Kier molecular flexibility index (Phi) is 4.73. The molecule has 0 spiro atoms. The number of likely N-dealkylation sites (tertiary alicyclic amines) is 1. The first kappa shape index (κ1) is 15.6. The van der Waals surface area contributed by atoms with Crippen LogP contribution in [0.3, 0.4) is 0 Å². The fourth-order valence-electron chi connectivity index (χ4n) is 2.62. The van der Waals surface area contributed by atoms with Crippen LogP contribution in [0.1, 0.15) is 25.3 Å². The quantitative estimate of drug-likeness (QED) is 0.880. The maximum Gasteiger partial charge on any atom is 0.322 e. The lowest BCUT2D eigenvalue weighted by Gasteiger charge is -2.36. The van der Waals surface area contributed by atoms with Crippen LogP contribution in [0, 0.1) is 12.8 Å². The highest BCUT2D eigenvalue weighted by atomic mass is 35.5. The third kappa shape index (κ3) is 3.67. The number of carbonyl (C=O) groups is 2. The van der Waals surface area contributed by atoms with Crippen molar-refractivity contribution in [3.8, 4) is 0 Å². The summed E-state index contributed by atoms with van der Waals surface area (Å²) in [5.41, 5.74) is 1.58. The number of nitrogens with one attached hydrogen (secondary N) is 1. The normalized spacial score (nSPS) is 22.0. The fourth-order valence-corrected chi connectivity index (χ4v) is 2.78. The summed E-state index contributed by atoms with van der Waals surface area (Å²) >= 11 is 6.07. The van der Waals surface area contributed by atoms with Gasteiger partial charge in [-0.15, -0.1) is 0 Å². The van der Waals surface area contributed by atoms with Crippen LogP contribution in [0.25, 0.3) is 0 Å². The molecule has 2 rings (SSSR count). The van der Waals surface area contributed by atoms with Gasteiger partial charge in [-0.05, 0) is 44.4 Å². The lowest BCUT2D eigenvalue weighted by atomic mass is 9.92. The molecule has 1 fully saturated rings. The maximum absolute atomic E-state index is 12.3. The topological polar surface area (TPSA) is 69.6 Å². The zero-order valence-electron chi connectivity index (χ0n) is 12.1. The van der Waals surface area contributed by atoms with Gasteiger partial charge in [-0.2, -0.15) is 0 Å². The Hall–Kier alpha value is -1.75. The van der Waals surface area contributed by atoms with Gasteiger partial charge in [0.2, 0.25) is 0 Å². The second-order valence-electron chi connectivity index (χ2n) is 5.52. The number of carboxylic acids is 1. The first-order valence-corrected chi connectivity index (χ1v) is 7.33. The molecule has 1 aromatic rings. The molecule has 114 valence electrons. The number of aryl methyl sites for hydroxylation is 1. The van der Waals surface area contributed by atoms with E-state index in [0.29, 0.717) is 30.1 Å². The van der Waals surface area contributed by atoms with E-state index in [1.807, 2.05) is 26.0 Å². The van der Waals surface area contributed by atoms with Crippen LogP contribution in [-0.4, -0.2) is 34.6 Å². The van der Waals surface area contributed by atoms with E-state index in [1.165, 1.54) is 0 Å². The van der Waals surface area contributed by atoms with Crippen molar-refractivity contribution in [2.75, 3.05) is 11.9 Å².